The van der Waals surface area contributed by atoms with Crippen LogP contribution >= 0.6 is 0 Å². The Labute approximate surface area is 234 Å². The second-order valence-corrected chi connectivity index (χ2v) is 11.1. The van der Waals surface area contributed by atoms with Gasteiger partial charge in [0.05, 0.1) is 11.7 Å². The Morgan fingerprint density at radius 2 is 1.77 bits per heavy atom. The molecule has 4 aromatic rings. The van der Waals surface area contributed by atoms with E-state index in [0.29, 0.717) is 34.8 Å². The van der Waals surface area contributed by atoms with Crippen LogP contribution in [-0.4, -0.2) is 67.5 Å². The number of fused-ring (bicyclic) bond motifs is 1. The molecule has 1 aliphatic rings. The van der Waals surface area contributed by atoms with Gasteiger partial charge in [-0.1, -0.05) is 13.0 Å². The number of likely N-dealkylation sites (tertiary alicyclic amines) is 1. The first kappa shape index (κ1) is 28.0. The van der Waals surface area contributed by atoms with Crippen molar-refractivity contribution in [2.24, 2.45) is 0 Å². The highest BCUT2D eigenvalue weighted by Gasteiger charge is 2.26. The molecule has 0 saturated carbocycles. The maximum absolute atomic E-state index is 15.0. The van der Waals surface area contributed by atoms with Crippen LogP contribution in [0.1, 0.15) is 63.5 Å². The van der Waals surface area contributed by atoms with Crippen molar-refractivity contribution in [1.82, 2.24) is 34.3 Å². The maximum atomic E-state index is 15.0. The Kier molecular flexibility index (Phi) is 8.09. The number of pyridine rings is 1. The lowest BCUT2D eigenvalue weighted by Gasteiger charge is -2.39. The van der Waals surface area contributed by atoms with E-state index in [0.717, 1.165) is 44.1 Å². The summed E-state index contributed by atoms with van der Waals surface area (Å²) in [4.78, 5) is 22.3. The summed E-state index contributed by atoms with van der Waals surface area (Å²) in [5, 5.41) is 3.08. The van der Waals surface area contributed by atoms with E-state index < -0.39 is 11.6 Å². The average Bonchev–Trinajstić information content (AvgIpc) is 3.28. The lowest BCUT2D eigenvalue weighted by Crippen LogP contribution is -2.43. The van der Waals surface area contributed by atoms with Gasteiger partial charge < -0.3 is 14.8 Å². The van der Waals surface area contributed by atoms with Gasteiger partial charge in [-0.25, -0.2) is 28.7 Å². The molecule has 1 N–H and O–H groups in total. The first-order chi connectivity index (χ1) is 19.2. The van der Waals surface area contributed by atoms with Crippen LogP contribution < -0.4 is 5.32 Å². The van der Waals surface area contributed by atoms with Gasteiger partial charge in [0.25, 0.3) is 0 Å². The molecule has 10 heteroatoms. The summed E-state index contributed by atoms with van der Waals surface area (Å²) in [6, 6.07) is 7.99. The number of hydrogen-bond acceptors (Lipinski definition) is 7. The number of hydrogen-bond donors (Lipinski definition) is 1. The monoisotopic (exact) mass is 548 g/mol. The van der Waals surface area contributed by atoms with Crippen LogP contribution in [0.5, 0.6) is 0 Å². The SMILES string of the molecule is CC[C@H](c1ccc(Nc2ncc(F)c(-c3cc(F)c4nc(C)n(C(C)C)c4c3)n2)nc1)N1CCC(N(C)C)CC1. The van der Waals surface area contributed by atoms with Crippen LogP contribution in [0.3, 0.4) is 0 Å². The van der Waals surface area contributed by atoms with Crippen LogP contribution in [0.15, 0.2) is 36.7 Å². The Hall–Kier alpha value is -3.50. The van der Waals surface area contributed by atoms with Crippen LogP contribution in [0, 0.1) is 18.6 Å². The van der Waals surface area contributed by atoms with E-state index >= 15 is 4.39 Å². The molecule has 40 heavy (non-hydrogen) atoms. The summed E-state index contributed by atoms with van der Waals surface area (Å²) in [6.07, 6.45) is 6.31. The molecule has 0 amide bonds. The minimum atomic E-state index is -0.635. The number of rotatable bonds is 8. The largest absolute Gasteiger partial charge is 0.326 e. The minimum Gasteiger partial charge on any atom is -0.326 e. The van der Waals surface area contributed by atoms with E-state index in [2.05, 4.69) is 62.1 Å². The van der Waals surface area contributed by atoms with E-state index in [1.54, 1.807) is 6.07 Å². The smallest absolute Gasteiger partial charge is 0.229 e. The fourth-order valence-electron chi connectivity index (χ4n) is 5.90. The summed E-state index contributed by atoms with van der Waals surface area (Å²) in [7, 11) is 4.31. The fourth-order valence-corrected chi connectivity index (χ4v) is 5.90. The summed E-state index contributed by atoms with van der Waals surface area (Å²) < 4.78 is 31.8. The number of nitrogens with one attached hydrogen (secondary N) is 1. The predicted molar refractivity (Wildman–Crippen MR) is 155 cm³/mol. The number of piperidine rings is 1. The summed E-state index contributed by atoms with van der Waals surface area (Å²) in [5.74, 6) is 0.283. The zero-order valence-corrected chi connectivity index (χ0v) is 24.1. The first-order valence-electron chi connectivity index (χ1n) is 14.0. The first-order valence-corrected chi connectivity index (χ1v) is 14.0. The topological polar surface area (TPSA) is 75.0 Å². The van der Waals surface area contributed by atoms with Crippen LogP contribution in [0.25, 0.3) is 22.3 Å². The Balaban J connectivity index is 1.36. The summed E-state index contributed by atoms with van der Waals surface area (Å²) in [6.45, 7) is 10.2. The van der Waals surface area contributed by atoms with Crippen molar-refractivity contribution in [3.05, 3.63) is 59.7 Å². The quantitative estimate of drug-likeness (QED) is 0.278. The highest BCUT2D eigenvalue weighted by atomic mass is 19.1. The number of imidazole rings is 1. The molecule has 5 rings (SSSR count). The number of anilines is 2. The number of benzene rings is 1. The third kappa shape index (κ3) is 5.55. The molecule has 4 heterocycles. The van der Waals surface area contributed by atoms with Gasteiger partial charge in [0.1, 0.15) is 22.9 Å². The van der Waals surface area contributed by atoms with Gasteiger partial charge in [-0.15, -0.1) is 0 Å². The standard InChI is InChI=1S/C30H38F2N8/c1-7-25(39-12-10-22(11-13-39)38(5)6)20-8-9-27(33-16-20)36-30-34-17-24(32)28(37-30)21-14-23(31)29-26(15-21)40(18(2)3)19(4)35-29/h8-9,14-18,22,25H,7,10-13H2,1-6H3,(H,33,34,36,37)/t25-/m1/s1. The Morgan fingerprint density at radius 1 is 1.02 bits per heavy atom. The zero-order valence-electron chi connectivity index (χ0n) is 24.1. The number of aromatic nitrogens is 5. The number of aryl methyl sites for hydroxylation is 1. The molecule has 1 aliphatic heterocycles. The highest BCUT2D eigenvalue weighted by Crippen LogP contribution is 2.31. The van der Waals surface area contributed by atoms with Crippen molar-refractivity contribution in [2.45, 2.75) is 65.1 Å². The molecule has 1 saturated heterocycles. The normalized spacial score (nSPS) is 15.8. The van der Waals surface area contributed by atoms with Crippen molar-refractivity contribution >= 4 is 22.8 Å². The second kappa shape index (κ2) is 11.5. The van der Waals surface area contributed by atoms with Crippen LogP contribution in [0.2, 0.25) is 0 Å². The van der Waals surface area contributed by atoms with Crippen molar-refractivity contribution < 1.29 is 8.78 Å². The number of halogens is 2. The molecule has 0 spiro atoms. The molecule has 1 aromatic carbocycles. The maximum Gasteiger partial charge on any atom is 0.229 e. The van der Waals surface area contributed by atoms with Gasteiger partial charge in [-0.3, -0.25) is 4.90 Å². The van der Waals surface area contributed by atoms with Crippen molar-refractivity contribution in [1.29, 1.82) is 0 Å². The number of nitrogens with zero attached hydrogens (tertiary/aromatic N) is 7. The van der Waals surface area contributed by atoms with Gasteiger partial charge in [0.15, 0.2) is 11.6 Å². The van der Waals surface area contributed by atoms with Gasteiger partial charge in [0.2, 0.25) is 5.95 Å². The summed E-state index contributed by atoms with van der Waals surface area (Å²) in [5.41, 5.74) is 2.36. The predicted octanol–water partition coefficient (Wildman–Crippen LogP) is 6.28. The van der Waals surface area contributed by atoms with E-state index in [4.69, 9.17) is 0 Å². The molecule has 8 nitrogen and oxygen atoms in total. The van der Waals surface area contributed by atoms with Crippen molar-refractivity contribution in [3.63, 3.8) is 0 Å². The van der Waals surface area contributed by atoms with E-state index in [9.17, 15) is 4.39 Å². The van der Waals surface area contributed by atoms with Gasteiger partial charge in [0, 0.05) is 43.0 Å². The molecule has 0 radical (unpaired) electrons. The van der Waals surface area contributed by atoms with Crippen molar-refractivity contribution in [3.8, 4) is 11.3 Å². The molecule has 0 bridgehead atoms. The minimum absolute atomic E-state index is 0.0104. The third-order valence-corrected chi connectivity index (χ3v) is 7.93. The molecular formula is C30H38F2N8. The third-order valence-electron chi connectivity index (χ3n) is 7.93. The van der Waals surface area contributed by atoms with Gasteiger partial charge in [-0.2, -0.15) is 0 Å². The molecular weight excluding hydrogens is 510 g/mol. The molecule has 0 aliphatic carbocycles. The lowest BCUT2D eigenvalue weighted by molar-refractivity contribution is 0.106. The molecule has 1 fully saturated rings. The lowest BCUT2D eigenvalue weighted by atomic mass is 9.98. The second-order valence-electron chi connectivity index (χ2n) is 11.1. The van der Waals surface area contributed by atoms with E-state index in [1.807, 2.05) is 37.6 Å². The zero-order chi connectivity index (χ0) is 28.6. The molecule has 3 aromatic heterocycles. The van der Waals surface area contributed by atoms with Crippen molar-refractivity contribution in [2.75, 3.05) is 32.5 Å². The van der Waals surface area contributed by atoms with Crippen LogP contribution in [0.4, 0.5) is 20.5 Å². The van der Waals surface area contributed by atoms with E-state index in [-0.39, 0.29) is 23.2 Å². The molecule has 212 valence electrons. The Bertz CT molecular complexity index is 1470. The average molecular weight is 549 g/mol. The van der Waals surface area contributed by atoms with Gasteiger partial charge >= 0.3 is 0 Å². The fraction of sp³-hybridized carbons (Fsp3) is 0.467. The highest BCUT2D eigenvalue weighted by molar-refractivity contribution is 5.83. The van der Waals surface area contributed by atoms with Crippen LogP contribution in [-0.2, 0) is 0 Å². The summed E-state index contributed by atoms with van der Waals surface area (Å²) >= 11 is 0. The Morgan fingerprint density at radius 3 is 2.40 bits per heavy atom. The molecule has 1 atom stereocenters. The van der Waals surface area contributed by atoms with E-state index in [1.165, 1.54) is 6.07 Å². The van der Waals surface area contributed by atoms with Gasteiger partial charge in [-0.05, 0) is 77.9 Å². The molecule has 0 unspecified atom stereocenters.